The van der Waals surface area contributed by atoms with Crippen molar-refractivity contribution in [3.05, 3.63) is 54.3 Å². The lowest BCUT2D eigenvalue weighted by Crippen LogP contribution is -2.29. The molecule has 0 bridgehead atoms. The van der Waals surface area contributed by atoms with E-state index in [0.717, 1.165) is 43.7 Å². The van der Waals surface area contributed by atoms with E-state index in [2.05, 4.69) is 16.0 Å². The first-order valence-electron chi connectivity index (χ1n) is 10.1. The molecule has 0 aromatic heterocycles. The first kappa shape index (κ1) is 23.8. The molecule has 0 heterocycles. The highest BCUT2D eigenvalue weighted by Crippen LogP contribution is 2.18. The van der Waals surface area contributed by atoms with E-state index in [1.807, 2.05) is 24.3 Å². The van der Waals surface area contributed by atoms with Crippen molar-refractivity contribution in [2.75, 3.05) is 23.8 Å². The Kier molecular flexibility index (Phi) is 10.9. The van der Waals surface area contributed by atoms with Crippen LogP contribution in [0.15, 0.2) is 48.5 Å². The molecule has 2 aromatic rings. The van der Waals surface area contributed by atoms with E-state index in [1.165, 1.54) is 18.9 Å². The minimum Gasteiger partial charge on any atom is -0.494 e. The van der Waals surface area contributed by atoms with Gasteiger partial charge in [-0.15, -0.1) is 0 Å². The van der Waals surface area contributed by atoms with Crippen molar-refractivity contribution in [2.24, 2.45) is 5.73 Å². The van der Waals surface area contributed by atoms with Crippen LogP contribution in [0.2, 0.25) is 0 Å². The first-order valence-corrected chi connectivity index (χ1v) is 10.9. The molecule has 5 N–H and O–H groups in total. The third kappa shape index (κ3) is 9.84. The number of hydrogen-bond donors (Lipinski definition) is 4. The lowest BCUT2D eigenvalue weighted by molar-refractivity contribution is 0.304. The second kappa shape index (κ2) is 13.7. The molecule has 2 aromatic carbocycles. The largest absolute Gasteiger partial charge is 0.494 e. The third-order valence-electron chi connectivity index (χ3n) is 4.35. The lowest BCUT2D eigenvalue weighted by atomic mass is 10.1. The molecular weight excluding hydrogens is 419 g/mol. The van der Waals surface area contributed by atoms with Crippen molar-refractivity contribution in [2.45, 2.75) is 38.5 Å². The van der Waals surface area contributed by atoms with E-state index in [4.69, 9.17) is 34.9 Å². The maximum absolute atomic E-state index is 13.6. The summed E-state index contributed by atoms with van der Waals surface area (Å²) in [4.78, 5) is 0. The second-order valence-corrected chi connectivity index (χ2v) is 7.70. The fourth-order valence-electron chi connectivity index (χ4n) is 2.86. The van der Waals surface area contributed by atoms with Crippen LogP contribution in [0.1, 0.15) is 38.5 Å². The molecule has 0 unspecified atom stereocenters. The first-order chi connectivity index (χ1) is 14.5. The highest BCUT2D eigenvalue weighted by molar-refractivity contribution is 7.80. The van der Waals surface area contributed by atoms with E-state index in [0.29, 0.717) is 17.4 Å². The number of benzene rings is 2. The molecule has 0 saturated heterocycles. The molecule has 0 saturated carbocycles. The predicted octanol–water partition coefficient (Wildman–Crippen LogP) is 5.19. The van der Waals surface area contributed by atoms with Gasteiger partial charge in [-0.05, 0) is 61.5 Å². The summed E-state index contributed by atoms with van der Waals surface area (Å²) in [6.45, 7) is 1.47. The Morgan fingerprint density at radius 3 is 2.40 bits per heavy atom. The number of nitrogens with two attached hydrogens (primary N) is 1. The standard InChI is InChI=1S/C22H29FN4OS2/c23-19-12-5-6-13-20(19)27-22(30)25-14-7-3-1-2-4-8-15-28-18-11-9-10-17(16-18)26-21(24)29/h5-6,9-13,16H,1-4,7-8,14-15H2,(H3,24,26,29)(H2,25,27,30). The Labute approximate surface area is 188 Å². The van der Waals surface area contributed by atoms with Crippen molar-refractivity contribution in [3.63, 3.8) is 0 Å². The van der Waals surface area contributed by atoms with Crippen LogP contribution < -0.4 is 26.4 Å². The molecule has 0 amide bonds. The van der Waals surface area contributed by atoms with Crippen LogP contribution in [0.5, 0.6) is 5.75 Å². The van der Waals surface area contributed by atoms with E-state index >= 15 is 0 Å². The maximum Gasteiger partial charge on any atom is 0.170 e. The van der Waals surface area contributed by atoms with Crippen LogP contribution in [0.4, 0.5) is 15.8 Å². The molecule has 0 atom stereocenters. The minimum absolute atomic E-state index is 0.241. The van der Waals surface area contributed by atoms with Gasteiger partial charge in [-0.2, -0.15) is 0 Å². The Bertz CT molecular complexity index is 819. The van der Waals surface area contributed by atoms with Gasteiger partial charge in [0.25, 0.3) is 0 Å². The van der Waals surface area contributed by atoms with Crippen LogP contribution >= 0.6 is 24.4 Å². The summed E-state index contributed by atoms with van der Waals surface area (Å²) in [5, 5.41) is 9.58. The van der Waals surface area contributed by atoms with Crippen LogP contribution in [0.3, 0.4) is 0 Å². The van der Waals surface area contributed by atoms with Crippen molar-refractivity contribution in [3.8, 4) is 5.75 Å². The summed E-state index contributed by atoms with van der Waals surface area (Å²) in [5.74, 6) is 0.497. The van der Waals surface area contributed by atoms with Gasteiger partial charge in [0.05, 0.1) is 12.3 Å². The highest BCUT2D eigenvalue weighted by Gasteiger charge is 2.02. The number of halogens is 1. The van der Waals surface area contributed by atoms with Crippen molar-refractivity contribution in [1.82, 2.24) is 5.32 Å². The molecule has 162 valence electrons. The summed E-state index contributed by atoms with van der Waals surface area (Å²) in [6, 6.07) is 14.1. The van der Waals surface area contributed by atoms with Crippen LogP contribution in [0, 0.1) is 5.82 Å². The second-order valence-electron chi connectivity index (χ2n) is 6.85. The van der Waals surface area contributed by atoms with Crippen LogP contribution in [-0.4, -0.2) is 23.4 Å². The van der Waals surface area contributed by atoms with E-state index < -0.39 is 0 Å². The summed E-state index contributed by atoms with van der Waals surface area (Å²) in [7, 11) is 0. The SMILES string of the molecule is NC(=S)Nc1cccc(OCCCCCCCCNC(=S)Nc2ccccc2F)c1. The Balaban J connectivity index is 1.45. The minimum atomic E-state index is -0.310. The summed E-state index contributed by atoms with van der Waals surface area (Å²) in [5.41, 5.74) is 6.70. The number of para-hydroxylation sites is 1. The van der Waals surface area contributed by atoms with Gasteiger partial charge in [0.2, 0.25) is 0 Å². The number of ether oxygens (including phenoxy) is 1. The van der Waals surface area contributed by atoms with E-state index in [-0.39, 0.29) is 10.9 Å². The fraction of sp³-hybridized carbons (Fsp3) is 0.364. The Hall–Kier alpha value is -2.45. The maximum atomic E-state index is 13.6. The average molecular weight is 449 g/mol. The van der Waals surface area contributed by atoms with Gasteiger partial charge in [-0.25, -0.2) is 4.39 Å². The van der Waals surface area contributed by atoms with E-state index in [9.17, 15) is 4.39 Å². The molecule has 5 nitrogen and oxygen atoms in total. The average Bonchev–Trinajstić information content (AvgIpc) is 2.71. The third-order valence-corrected chi connectivity index (χ3v) is 4.70. The smallest absolute Gasteiger partial charge is 0.170 e. The summed E-state index contributed by atoms with van der Waals surface area (Å²) in [6.07, 6.45) is 6.64. The Morgan fingerprint density at radius 2 is 1.63 bits per heavy atom. The zero-order valence-corrected chi connectivity index (χ0v) is 18.6. The molecule has 0 aliphatic heterocycles. The quantitative estimate of drug-likeness (QED) is 0.263. The summed E-state index contributed by atoms with van der Waals surface area (Å²) < 4.78 is 19.3. The zero-order valence-electron chi connectivity index (χ0n) is 17.0. The number of nitrogens with one attached hydrogen (secondary N) is 3. The van der Waals surface area contributed by atoms with Crippen LogP contribution in [0.25, 0.3) is 0 Å². The molecule has 8 heteroatoms. The molecule has 0 spiro atoms. The van der Waals surface area contributed by atoms with Crippen molar-refractivity contribution < 1.29 is 9.13 Å². The number of rotatable bonds is 12. The van der Waals surface area contributed by atoms with Crippen molar-refractivity contribution >= 4 is 46.0 Å². The zero-order chi connectivity index (χ0) is 21.6. The molecule has 0 fully saturated rings. The number of thiocarbonyl (C=S) groups is 2. The van der Waals surface area contributed by atoms with Gasteiger partial charge in [-0.3, -0.25) is 0 Å². The number of unbranched alkanes of at least 4 members (excludes halogenated alkanes) is 5. The molecule has 0 aliphatic carbocycles. The number of anilines is 2. The normalized spacial score (nSPS) is 10.3. The van der Waals surface area contributed by atoms with Gasteiger partial charge >= 0.3 is 0 Å². The fourth-order valence-corrected chi connectivity index (χ4v) is 3.19. The van der Waals surface area contributed by atoms with Gasteiger partial charge in [0.1, 0.15) is 11.6 Å². The van der Waals surface area contributed by atoms with Gasteiger partial charge in [0, 0.05) is 18.3 Å². The highest BCUT2D eigenvalue weighted by atomic mass is 32.1. The monoisotopic (exact) mass is 448 g/mol. The molecule has 30 heavy (non-hydrogen) atoms. The molecular formula is C22H29FN4OS2. The molecule has 2 rings (SSSR count). The predicted molar refractivity (Wildman–Crippen MR) is 131 cm³/mol. The van der Waals surface area contributed by atoms with Crippen molar-refractivity contribution in [1.29, 1.82) is 0 Å². The topological polar surface area (TPSA) is 71.3 Å². The van der Waals surface area contributed by atoms with Gasteiger partial charge in [-0.1, -0.05) is 43.9 Å². The molecule has 0 radical (unpaired) electrons. The lowest BCUT2D eigenvalue weighted by Gasteiger charge is -2.11. The van der Waals surface area contributed by atoms with E-state index in [1.54, 1.807) is 18.2 Å². The van der Waals surface area contributed by atoms with Crippen LogP contribution in [-0.2, 0) is 0 Å². The van der Waals surface area contributed by atoms with Gasteiger partial charge < -0.3 is 26.4 Å². The number of hydrogen-bond acceptors (Lipinski definition) is 3. The molecule has 0 aliphatic rings. The van der Waals surface area contributed by atoms with Gasteiger partial charge in [0.15, 0.2) is 10.2 Å². The summed E-state index contributed by atoms with van der Waals surface area (Å²) >= 11 is 10.0. The Morgan fingerprint density at radius 1 is 0.900 bits per heavy atom.